The van der Waals surface area contributed by atoms with Crippen LogP contribution in [0, 0.1) is 0 Å². The van der Waals surface area contributed by atoms with E-state index in [0.717, 1.165) is 17.3 Å². The summed E-state index contributed by atoms with van der Waals surface area (Å²) in [5.41, 5.74) is 0. The van der Waals surface area contributed by atoms with E-state index in [-0.39, 0.29) is 0 Å². The van der Waals surface area contributed by atoms with Crippen LogP contribution in [-0.2, 0) is 9.47 Å². The summed E-state index contributed by atoms with van der Waals surface area (Å²) in [5.74, 6) is 2.40. The standard InChI is InChI=1S/C10H20O6S2/c11-5-6-7(12)8(13)9(14)10(16-6)15-1-3-18-4-2-17/h6-14,17H,1-5H2/t6-,7-,8+,9+,10+/m1/s1. The predicted molar refractivity (Wildman–Crippen MR) is 70.9 cm³/mol. The highest BCUT2D eigenvalue weighted by molar-refractivity contribution is 8.00. The fourth-order valence-corrected chi connectivity index (χ4v) is 2.53. The summed E-state index contributed by atoms with van der Waals surface area (Å²) in [6.45, 7) is -0.0969. The number of thioether (sulfide) groups is 1. The maximum atomic E-state index is 9.66. The molecular weight excluding hydrogens is 280 g/mol. The second kappa shape index (κ2) is 8.60. The highest BCUT2D eigenvalue weighted by atomic mass is 32.2. The number of ether oxygens (including phenoxy) is 2. The van der Waals surface area contributed by atoms with Crippen LogP contribution < -0.4 is 0 Å². The van der Waals surface area contributed by atoms with Crippen LogP contribution >= 0.6 is 24.4 Å². The van der Waals surface area contributed by atoms with Gasteiger partial charge in [0, 0.05) is 11.5 Å². The summed E-state index contributed by atoms with van der Waals surface area (Å²) in [7, 11) is 0. The minimum absolute atomic E-state index is 0.348. The first-order chi connectivity index (χ1) is 8.61. The first-order valence-corrected chi connectivity index (χ1v) is 7.51. The molecular formula is C10H20O6S2. The Labute approximate surface area is 116 Å². The maximum absolute atomic E-state index is 9.66. The fraction of sp³-hybridized carbons (Fsp3) is 1.00. The fourth-order valence-electron chi connectivity index (χ4n) is 1.59. The third kappa shape index (κ3) is 4.53. The summed E-state index contributed by atoms with van der Waals surface area (Å²) in [4.78, 5) is 0. The van der Waals surface area contributed by atoms with E-state index in [9.17, 15) is 15.3 Å². The number of aliphatic hydroxyl groups is 4. The van der Waals surface area contributed by atoms with Gasteiger partial charge < -0.3 is 29.9 Å². The van der Waals surface area contributed by atoms with Crippen LogP contribution in [0.15, 0.2) is 0 Å². The van der Waals surface area contributed by atoms with Gasteiger partial charge in [-0.25, -0.2) is 0 Å². The van der Waals surface area contributed by atoms with E-state index in [1.54, 1.807) is 11.8 Å². The first-order valence-electron chi connectivity index (χ1n) is 5.72. The average Bonchev–Trinajstić information content (AvgIpc) is 2.38. The molecule has 1 fully saturated rings. The molecule has 0 unspecified atom stereocenters. The Morgan fingerprint density at radius 3 is 2.44 bits per heavy atom. The summed E-state index contributed by atoms with van der Waals surface area (Å²) in [6.07, 6.45) is -6.00. The van der Waals surface area contributed by atoms with Gasteiger partial charge in [0.25, 0.3) is 0 Å². The Hall–Kier alpha value is 0.460. The Balaban J connectivity index is 2.35. The van der Waals surface area contributed by atoms with Gasteiger partial charge in [0.05, 0.1) is 13.2 Å². The van der Waals surface area contributed by atoms with Gasteiger partial charge in [-0.3, -0.25) is 0 Å². The highest BCUT2D eigenvalue weighted by Gasteiger charge is 2.43. The SMILES string of the molecule is OC[C@H]1O[C@H](OCCSCCS)[C@@H](O)[C@@H](O)[C@@H]1O. The Bertz CT molecular complexity index is 230. The average molecular weight is 300 g/mol. The molecule has 0 aromatic carbocycles. The molecule has 6 nitrogen and oxygen atoms in total. The lowest BCUT2D eigenvalue weighted by Crippen LogP contribution is -2.59. The lowest BCUT2D eigenvalue weighted by atomic mass is 9.99. The van der Waals surface area contributed by atoms with Crippen molar-refractivity contribution in [2.24, 2.45) is 0 Å². The van der Waals surface area contributed by atoms with Crippen molar-refractivity contribution >= 4 is 24.4 Å². The van der Waals surface area contributed by atoms with Gasteiger partial charge in [0.1, 0.15) is 24.4 Å². The number of aliphatic hydroxyl groups excluding tert-OH is 4. The topological polar surface area (TPSA) is 99.4 Å². The molecule has 4 N–H and O–H groups in total. The van der Waals surface area contributed by atoms with Crippen LogP contribution in [-0.4, -0.2) is 81.6 Å². The zero-order valence-electron chi connectivity index (χ0n) is 9.88. The van der Waals surface area contributed by atoms with E-state index < -0.39 is 37.3 Å². The smallest absolute Gasteiger partial charge is 0.186 e. The van der Waals surface area contributed by atoms with E-state index in [0.29, 0.717) is 6.61 Å². The number of hydrogen-bond acceptors (Lipinski definition) is 8. The van der Waals surface area contributed by atoms with Crippen LogP contribution in [0.3, 0.4) is 0 Å². The molecule has 0 saturated carbocycles. The van der Waals surface area contributed by atoms with E-state index >= 15 is 0 Å². The van der Waals surface area contributed by atoms with Crippen LogP contribution in [0.25, 0.3) is 0 Å². The molecule has 0 bridgehead atoms. The molecule has 5 atom stereocenters. The maximum Gasteiger partial charge on any atom is 0.186 e. The molecule has 1 saturated heterocycles. The van der Waals surface area contributed by atoms with Crippen molar-refractivity contribution in [3.63, 3.8) is 0 Å². The van der Waals surface area contributed by atoms with Crippen LogP contribution in [0.4, 0.5) is 0 Å². The molecule has 0 aromatic rings. The van der Waals surface area contributed by atoms with E-state index in [1.165, 1.54) is 0 Å². The molecule has 1 heterocycles. The largest absolute Gasteiger partial charge is 0.394 e. The monoisotopic (exact) mass is 300 g/mol. The molecule has 1 aliphatic heterocycles. The van der Waals surface area contributed by atoms with E-state index in [4.69, 9.17) is 14.6 Å². The lowest BCUT2D eigenvalue weighted by molar-refractivity contribution is -0.299. The van der Waals surface area contributed by atoms with Gasteiger partial charge in [-0.15, -0.1) is 0 Å². The summed E-state index contributed by atoms with van der Waals surface area (Å²) in [6, 6.07) is 0. The highest BCUT2D eigenvalue weighted by Crippen LogP contribution is 2.22. The van der Waals surface area contributed by atoms with Crippen molar-refractivity contribution in [1.29, 1.82) is 0 Å². The first kappa shape index (κ1) is 16.5. The second-order valence-electron chi connectivity index (χ2n) is 3.90. The predicted octanol–water partition coefficient (Wildman–Crippen LogP) is -1.53. The normalized spacial score (nSPS) is 36.8. The van der Waals surface area contributed by atoms with Gasteiger partial charge >= 0.3 is 0 Å². The Morgan fingerprint density at radius 1 is 1.11 bits per heavy atom. The zero-order valence-corrected chi connectivity index (χ0v) is 11.6. The van der Waals surface area contributed by atoms with Gasteiger partial charge in [0.2, 0.25) is 0 Å². The molecule has 0 aromatic heterocycles. The number of hydrogen-bond donors (Lipinski definition) is 5. The molecule has 18 heavy (non-hydrogen) atoms. The summed E-state index contributed by atoms with van der Waals surface area (Å²) >= 11 is 5.72. The van der Waals surface area contributed by atoms with Gasteiger partial charge in [-0.1, -0.05) is 0 Å². The second-order valence-corrected chi connectivity index (χ2v) is 5.58. The van der Waals surface area contributed by atoms with E-state index in [1.807, 2.05) is 0 Å². The minimum atomic E-state index is -1.38. The minimum Gasteiger partial charge on any atom is -0.394 e. The van der Waals surface area contributed by atoms with Crippen LogP contribution in [0.2, 0.25) is 0 Å². The molecule has 0 aliphatic carbocycles. The van der Waals surface area contributed by atoms with Crippen LogP contribution in [0.5, 0.6) is 0 Å². The van der Waals surface area contributed by atoms with Crippen molar-refractivity contribution in [2.75, 3.05) is 30.5 Å². The number of rotatable bonds is 7. The summed E-state index contributed by atoms with van der Waals surface area (Å²) < 4.78 is 10.5. The van der Waals surface area contributed by atoms with Gasteiger partial charge in [-0.2, -0.15) is 24.4 Å². The van der Waals surface area contributed by atoms with Crippen LogP contribution in [0.1, 0.15) is 0 Å². The lowest BCUT2D eigenvalue weighted by Gasteiger charge is -2.39. The molecule has 108 valence electrons. The number of thiol groups is 1. The molecule has 0 amide bonds. The zero-order chi connectivity index (χ0) is 13.5. The molecule has 0 spiro atoms. The third-order valence-electron chi connectivity index (χ3n) is 2.59. The van der Waals surface area contributed by atoms with Crippen molar-refractivity contribution in [3.05, 3.63) is 0 Å². The Morgan fingerprint density at radius 2 is 1.83 bits per heavy atom. The molecule has 0 radical (unpaired) electrons. The van der Waals surface area contributed by atoms with Gasteiger partial charge in [-0.05, 0) is 5.75 Å². The van der Waals surface area contributed by atoms with Crippen molar-refractivity contribution in [1.82, 2.24) is 0 Å². The molecule has 1 aliphatic rings. The van der Waals surface area contributed by atoms with Crippen molar-refractivity contribution in [2.45, 2.75) is 30.7 Å². The van der Waals surface area contributed by atoms with Crippen molar-refractivity contribution < 1.29 is 29.9 Å². The summed E-state index contributed by atoms with van der Waals surface area (Å²) in [5, 5.41) is 37.7. The molecule has 8 heteroatoms. The van der Waals surface area contributed by atoms with Crippen molar-refractivity contribution in [3.8, 4) is 0 Å². The Kier molecular flexibility index (Phi) is 7.89. The third-order valence-corrected chi connectivity index (χ3v) is 4.07. The van der Waals surface area contributed by atoms with Gasteiger partial charge in [0.15, 0.2) is 6.29 Å². The molecule has 1 rings (SSSR count). The van der Waals surface area contributed by atoms with E-state index in [2.05, 4.69) is 12.6 Å². The quantitative estimate of drug-likeness (QED) is 0.287.